The SMILES string of the molecule is C[C@H]1OC[C@]2(c3ccccc3F)N=C(N)SCN12. The summed E-state index contributed by atoms with van der Waals surface area (Å²) in [5.74, 6) is 0.383. The fourth-order valence-electron chi connectivity index (χ4n) is 2.45. The highest BCUT2D eigenvalue weighted by Crippen LogP contribution is 2.42. The van der Waals surface area contributed by atoms with Crippen LogP contribution in [0.1, 0.15) is 12.5 Å². The summed E-state index contributed by atoms with van der Waals surface area (Å²) < 4.78 is 19.7. The maximum absolute atomic E-state index is 14.1. The summed E-state index contributed by atoms with van der Waals surface area (Å²) in [6.07, 6.45) is -0.0889. The first-order chi connectivity index (χ1) is 8.63. The van der Waals surface area contributed by atoms with Crippen LogP contribution in [0.3, 0.4) is 0 Å². The number of benzene rings is 1. The topological polar surface area (TPSA) is 50.9 Å². The number of hydrogen-bond donors (Lipinski definition) is 1. The smallest absolute Gasteiger partial charge is 0.170 e. The molecule has 2 N–H and O–H groups in total. The molecule has 1 saturated heterocycles. The summed E-state index contributed by atoms with van der Waals surface area (Å²) in [6, 6.07) is 6.67. The number of rotatable bonds is 1. The average Bonchev–Trinajstić information content (AvgIpc) is 2.68. The van der Waals surface area contributed by atoms with Crippen LogP contribution in [-0.2, 0) is 10.4 Å². The molecule has 4 nitrogen and oxygen atoms in total. The second-order valence-corrected chi connectivity index (χ2v) is 5.37. The van der Waals surface area contributed by atoms with E-state index in [1.165, 1.54) is 17.8 Å². The Morgan fingerprint density at radius 3 is 3.11 bits per heavy atom. The zero-order valence-corrected chi connectivity index (χ0v) is 10.8. The van der Waals surface area contributed by atoms with Gasteiger partial charge in [-0.25, -0.2) is 14.3 Å². The molecule has 2 aliphatic heterocycles. The molecule has 0 bridgehead atoms. The number of fused-ring (bicyclic) bond motifs is 1. The Morgan fingerprint density at radius 2 is 2.33 bits per heavy atom. The maximum atomic E-state index is 14.1. The molecular formula is C12H14FN3OS. The van der Waals surface area contributed by atoms with Gasteiger partial charge in [0, 0.05) is 5.56 Å². The summed E-state index contributed by atoms with van der Waals surface area (Å²) in [5.41, 5.74) is 5.54. The van der Waals surface area contributed by atoms with Gasteiger partial charge in [-0.05, 0) is 13.0 Å². The van der Waals surface area contributed by atoms with Crippen LogP contribution in [0.5, 0.6) is 0 Å². The monoisotopic (exact) mass is 267 g/mol. The van der Waals surface area contributed by atoms with Gasteiger partial charge in [-0.2, -0.15) is 0 Å². The van der Waals surface area contributed by atoms with E-state index >= 15 is 0 Å². The summed E-state index contributed by atoms with van der Waals surface area (Å²) >= 11 is 1.45. The molecule has 1 aromatic carbocycles. The van der Waals surface area contributed by atoms with Crippen LogP contribution in [-0.4, -0.2) is 28.8 Å². The molecule has 0 saturated carbocycles. The van der Waals surface area contributed by atoms with Crippen molar-refractivity contribution >= 4 is 16.9 Å². The predicted octanol–water partition coefficient (Wildman–Crippen LogP) is 1.68. The van der Waals surface area contributed by atoms with Crippen molar-refractivity contribution in [2.24, 2.45) is 10.7 Å². The normalized spacial score (nSPS) is 32.1. The van der Waals surface area contributed by atoms with Crippen molar-refractivity contribution in [2.75, 3.05) is 12.5 Å². The van der Waals surface area contributed by atoms with Gasteiger partial charge in [-0.15, -0.1) is 0 Å². The zero-order chi connectivity index (χ0) is 12.8. The van der Waals surface area contributed by atoms with E-state index in [1.54, 1.807) is 12.1 Å². The fourth-order valence-corrected chi connectivity index (χ4v) is 3.36. The summed E-state index contributed by atoms with van der Waals surface area (Å²) in [6.45, 7) is 2.27. The maximum Gasteiger partial charge on any atom is 0.170 e. The Labute approximate surface area is 109 Å². The minimum Gasteiger partial charge on any atom is -0.378 e. The van der Waals surface area contributed by atoms with Gasteiger partial charge in [-0.1, -0.05) is 30.0 Å². The lowest BCUT2D eigenvalue weighted by molar-refractivity contribution is 0.0503. The number of aliphatic imine (C=N–C) groups is 1. The van der Waals surface area contributed by atoms with E-state index in [0.29, 0.717) is 23.2 Å². The van der Waals surface area contributed by atoms with Crippen LogP contribution in [0.2, 0.25) is 0 Å². The lowest BCUT2D eigenvalue weighted by Gasteiger charge is -2.38. The highest BCUT2D eigenvalue weighted by Gasteiger charge is 2.50. The fraction of sp³-hybridized carbons (Fsp3) is 0.417. The Morgan fingerprint density at radius 1 is 1.56 bits per heavy atom. The molecule has 0 unspecified atom stereocenters. The second-order valence-electron chi connectivity index (χ2n) is 4.40. The van der Waals surface area contributed by atoms with Crippen molar-refractivity contribution in [3.63, 3.8) is 0 Å². The molecule has 2 atom stereocenters. The quantitative estimate of drug-likeness (QED) is 0.841. The highest BCUT2D eigenvalue weighted by atomic mass is 32.2. The molecule has 2 heterocycles. The third kappa shape index (κ3) is 1.64. The van der Waals surface area contributed by atoms with Crippen LogP contribution in [0, 0.1) is 5.82 Å². The Bertz CT molecular complexity index is 510. The average molecular weight is 267 g/mol. The van der Waals surface area contributed by atoms with Gasteiger partial charge >= 0.3 is 0 Å². The predicted molar refractivity (Wildman–Crippen MR) is 69.4 cm³/mol. The molecule has 1 fully saturated rings. The van der Waals surface area contributed by atoms with Gasteiger partial charge in [0.2, 0.25) is 0 Å². The minimum absolute atomic E-state index is 0.0889. The third-order valence-electron chi connectivity index (χ3n) is 3.39. The van der Waals surface area contributed by atoms with Gasteiger partial charge < -0.3 is 10.5 Å². The molecule has 1 aromatic rings. The Balaban J connectivity index is 2.16. The van der Waals surface area contributed by atoms with E-state index in [9.17, 15) is 4.39 Å². The van der Waals surface area contributed by atoms with E-state index in [2.05, 4.69) is 4.99 Å². The van der Waals surface area contributed by atoms with Crippen molar-refractivity contribution in [1.82, 2.24) is 4.90 Å². The van der Waals surface area contributed by atoms with E-state index in [4.69, 9.17) is 10.5 Å². The standard InChI is InChI=1S/C12H14FN3OS/c1-8-16-7-18-11(14)15-12(16,6-17-8)9-4-2-3-5-10(9)13/h2-5,8H,6-7H2,1H3,(H2,14,15)/t8-,12+/m1/s1. The molecule has 0 aliphatic carbocycles. The van der Waals surface area contributed by atoms with Crippen LogP contribution in [0.15, 0.2) is 29.3 Å². The lowest BCUT2D eigenvalue weighted by atomic mass is 9.99. The van der Waals surface area contributed by atoms with Crippen molar-refractivity contribution in [3.8, 4) is 0 Å². The molecule has 96 valence electrons. The number of ether oxygens (including phenoxy) is 1. The van der Waals surface area contributed by atoms with Gasteiger partial charge in [0.25, 0.3) is 0 Å². The Kier molecular flexibility index (Phi) is 2.80. The highest BCUT2D eigenvalue weighted by molar-refractivity contribution is 8.13. The van der Waals surface area contributed by atoms with E-state index in [1.807, 2.05) is 17.9 Å². The van der Waals surface area contributed by atoms with Crippen LogP contribution >= 0.6 is 11.8 Å². The molecule has 6 heteroatoms. The summed E-state index contributed by atoms with van der Waals surface area (Å²) in [7, 11) is 0. The molecule has 0 aromatic heterocycles. The van der Waals surface area contributed by atoms with Gasteiger partial charge in [0.15, 0.2) is 10.8 Å². The van der Waals surface area contributed by atoms with E-state index in [-0.39, 0.29) is 12.0 Å². The van der Waals surface area contributed by atoms with E-state index < -0.39 is 5.66 Å². The van der Waals surface area contributed by atoms with Crippen molar-refractivity contribution in [3.05, 3.63) is 35.6 Å². The lowest BCUT2D eigenvalue weighted by Crippen LogP contribution is -2.48. The first-order valence-corrected chi connectivity index (χ1v) is 6.73. The zero-order valence-electron chi connectivity index (χ0n) is 9.97. The molecule has 0 spiro atoms. The number of halogens is 1. The number of nitrogens with two attached hydrogens (primary N) is 1. The first kappa shape index (κ1) is 12.0. The van der Waals surface area contributed by atoms with Gasteiger partial charge in [-0.3, -0.25) is 0 Å². The number of nitrogens with zero attached hydrogens (tertiary/aromatic N) is 2. The summed E-state index contributed by atoms with van der Waals surface area (Å²) in [4.78, 5) is 6.51. The third-order valence-corrected chi connectivity index (χ3v) is 4.19. The van der Waals surface area contributed by atoms with Crippen molar-refractivity contribution < 1.29 is 9.13 Å². The van der Waals surface area contributed by atoms with Gasteiger partial charge in [0.05, 0.1) is 12.5 Å². The van der Waals surface area contributed by atoms with Crippen LogP contribution in [0.4, 0.5) is 4.39 Å². The molecule has 0 radical (unpaired) electrons. The van der Waals surface area contributed by atoms with Crippen LogP contribution in [0.25, 0.3) is 0 Å². The largest absolute Gasteiger partial charge is 0.378 e. The molecule has 18 heavy (non-hydrogen) atoms. The minimum atomic E-state index is -0.805. The molecule has 2 aliphatic rings. The molecular weight excluding hydrogens is 253 g/mol. The first-order valence-electron chi connectivity index (χ1n) is 5.75. The summed E-state index contributed by atoms with van der Waals surface area (Å²) in [5, 5.41) is 0.479. The van der Waals surface area contributed by atoms with E-state index in [0.717, 1.165) is 0 Å². The number of amidine groups is 1. The molecule has 3 rings (SSSR count). The molecule has 0 amide bonds. The van der Waals surface area contributed by atoms with Crippen molar-refractivity contribution in [1.29, 1.82) is 0 Å². The van der Waals surface area contributed by atoms with Gasteiger partial charge in [0.1, 0.15) is 12.0 Å². The Hall–Kier alpha value is -1.11. The van der Waals surface area contributed by atoms with Crippen LogP contribution < -0.4 is 5.73 Å². The number of hydrogen-bond acceptors (Lipinski definition) is 5. The van der Waals surface area contributed by atoms with Crippen molar-refractivity contribution in [2.45, 2.75) is 18.8 Å². The second kappa shape index (κ2) is 4.22. The number of thioether (sulfide) groups is 1.